The molecule has 2 aliphatic rings. The molecule has 32 heavy (non-hydrogen) atoms. The number of ether oxygens (including phenoxy) is 1. The molecule has 2 fully saturated rings. The van der Waals surface area contributed by atoms with Crippen LogP contribution < -0.4 is 11.4 Å². The summed E-state index contributed by atoms with van der Waals surface area (Å²) in [6.07, 6.45) is -1.73. The molecule has 1 aromatic rings. The Morgan fingerprint density at radius 1 is 1.06 bits per heavy atom. The summed E-state index contributed by atoms with van der Waals surface area (Å²) >= 11 is 0. The smallest absolute Gasteiger partial charge is 0.351 e. The van der Waals surface area contributed by atoms with Gasteiger partial charge in [-0.2, -0.15) is 4.98 Å². The second kappa shape index (κ2) is 9.28. The first-order chi connectivity index (χ1) is 14.9. The van der Waals surface area contributed by atoms with E-state index in [1.165, 1.54) is 16.8 Å². The fourth-order valence-corrected chi connectivity index (χ4v) is 16.2. The second-order valence-electron chi connectivity index (χ2n) is 10.2. The molecule has 4 atom stereocenters. The van der Waals surface area contributed by atoms with E-state index in [9.17, 15) is 9.90 Å². The van der Waals surface area contributed by atoms with Crippen LogP contribution in [-0.2, 0) is 17.7 Å². The van der Waals surface area contributed by atoms with Crippen LogP contribution in [0.25, 0.3) is 0 Å². The van der Waals surface area contributed by atoms with Crippen molar-refractivity contribution in [3.8, 4) is 0 Å². The number of nitrogens with two attached hydrogens (primary N) is 1. The molecular weight excluding hydrogens is 446 g/mol. The molecule has 0 amide bonds. The number of nitrogen functional groups attached to an aromatic ring is 1. The summed E-state index contributed by atoms with van der Waals surface area (Å²) in [6, 6.07) is 1.51. The van der Waals surface area contributed by atoms with E-state index in [0.29, 0.717) is 0 Å². The zero-order chi connectivity index (χ0) is 24.0. The standard InChI is InChI=1S/C21H39N3O6Si2/c1-12(2)31(13(3)4)27-11-16-19(29-32(30-31,14(5)6)15(7)8)18(25)20(28-16)24-10-9-17(22)23-21(24)26/h9-10,12-16,18-20,25H,11H2,1-8H3,(H2,22,23,26)/t16-,18?,19?,20-/m1/s1. The lowest BCUT2D eigenvalue weighted by Gasteiger charge is -2.51. The first kappa shape index (κ1) is 25.5. The highest BCUT2D eigenvalue weighted by Gasteiger charge is 2.61. The van der Waals surface area contributed by atoms with Gasteiger partial charge in [0, 0.05) is 6.20 Å². The number of aliphatic hydroxyl groups is 1. The summed E-state index contributed by atoms with van der Waals surface area (Å²) in [4.78, 5) is 16.2. The molecule has 0 spiro atoms. The van der Waals surface area contributed by atoms with Gasteiger partial charge in [0.1, 0.15) is 24.1 Å². The number of nitrogens with zero attached hydrogens (tertiary/aromatic N) is 2. The van der Waals surface area contributed by atoms with Crippen molar-refractivity contribution in [2.75, 3.05) is 12.3 Å². The highest BCUT2D eigenvalue weighted by atomic mass is 28.5. The molecule has 0 bridgehead atoms. The van der Waals surface area contributed by atoms with Gasteiger partial charge in [-0.3, -0.25) is 4.57 Å². The van der Waals surface area contributed by atoms with Gasteiger partial charge in [0.2, 0.25) is 0 Å². The first-order valence-electron chi connectivity index (χ1n) is 11.6. The van der Waals surface area contributed by atoms with Crippen LogP contribution in [0, 0.1) is 0 Å². The zero-order valence-electron chi connectivity index (χ0n) is 20.4. The summed E-state index contributed by atoms with van der Waals surface area (Å²) in [6.45, 7) is 17.3. The average Bonchev–Trinajstić information content (AvgIpc) is 2.96. The van der Waals surface area contributed by atoms with Crippen LogP contribution in [0.5, 0.6) is 0 Å². The van der Waals surface area contributed by atoms with E-state index in [-0.39, 0.29) is 34.6 Å². The first-order valence-corrected chi connectivity index (χ1v) is 15.5. The van der Waals surface area contributed by atoms with Gasteiger partial charge in [-0.05, 0) is 28.2 Å². The van der Waals surface area contributed by atoms with Crippen molar-refractivity contribution in [2.45, 2.75) is 102 Å². The van der Waals surface area contributed by atoms with E-state index < -0.39 is 47.4 Å². The van der Waals surface area contributed by atoms with Crippen LogP contribution in [0.1, 0.15) is 61.6 Å². The molecule has 11 heteroatoms. The third-order valence-electron chi connectivity index (χ3n) is 6.77. The fourth-order valence-electron chi connectivity index (χ4n) is 4.99. The number of rotatable bonds is 5. The number of anilines is 1. The maximum atomic E-state index is 12.4. The van der Waals surface area contributed by atoms with E-state index in [1.54, 1.807) is 0 Å². The van der Waals surface area contributed by atoms with E-state index in [1.807, 2.05) is 0 Å². The minimum atomic E-state index is -2.89. The molecule has 182 valence electrons. The van der Waals surface area contributed by atoms with Gasteiger partial charge in [-0.1, -0.05) is 55.4 Å². The molecule has 0 aromatic carbocycles. The van der Waals surface area contributed by atoms with Crippen LogP contribution >= 0.6 is 0 Å². The van der Waals surface area contributed by atoms with Gasteiger partial charge >= 0.3 is 22.8 Å². The number of hydrogen-bond donors (Lipinski definition) is 2. The second-order valence-corrected chi connectivity index (χ2v) is 19.0. The van der Waals surface area contributed by atoms with Crippen molar-refractivity contribution in [3.63, 3.8) is 0 Å². The molecule has 3 rings (SSSR count). The Morgan fingerprint density at radius 2 is 1.62 bits per heavy atom. The van der Waals surface area contributed by atoms with Gasteiger partial charge in [-0.25, -0.2) is 4.79 Å². The van der Waals surface area contributed by atoms with Crippen LogP contribution in [0.4, 0.5) is 5.82 Å². The van der Waals surface area contributed by atoms with Gasteiger partial charge in [0.15, 0.2) is 6.23 Å². The summed E-state index contributed by atoms with van der Waals surface area (Å²) in [5.41, 5.74) is 5.72. The summed E-state index contributed by atoms with van der Waals surface area (Å²) < 4.78 is 28.1. The number of fused-ring (bicyclic) bond motifs is 1. The molecule has 0 aliphatic carbocycles. The van der Waals surface area contributed by atoms with E-state index in [2.05, 4.69) is 60.4 Å². The molecule has 9 nitrogen and oxygen atoms in total. The molecule has 2 aliphatic heterocycles. The molecular formula is C21H39N3O6Si2. The summed E-state index contributed by atoms with van der Waals surface area (Å²) in [7, 11) is -5.59. The molecule has 0 radical (unpaired) electrons. The van der Waals surface area contributed by atoms with Crippen LogP contribution in [-0.4, -0.2) is 56.7 Å². The quantitative estimate of drug-likeness (QED) is 0.611. The van der Waals surface area contributed by atoms with E-state index in [0.717, 1.165) is 0 Å². The number of hydrogen-bond acceptors (Lipinski definition) is 8. The van der Waals surface area contributed by atoms with Crippen molar-refractivity contribution in [3.05, 3.63) is 22.7 Å². The van der Waals surface area contributed by atoms with Gasteiger partial charge < -0.3 is 28.5 Å². The average molecular weight is 486 g/mol. The third-order valence-corrected chi connectivity index (χ3v) is 17.0. The predicted octanol–water partition coefficient (Wildman–Crippen LogP) is 3.04. The Balaban J connectivity index is 2.07. The highest BCUT2D eigenvalue weighted by Crippen LogP contribution is 2.48. The fraction of sp³-hybridized carbons (Fsp3) is 0.810. The minimum absolute atomic E-state index is 0.119. The van der Waals surface area contributed by atoms with Gasteiger partial charge in [0.25, 0.3) is 0 Å². The van der Waals surface area contributed by atoms with Crippen molar-refractivity contribution < 1.29 is 22.8 Å². The largest absolute Gasteiger partial charge is 0.414 e. The lowest BCUT2D eigenvalue weighted by Crippen LogP contribution is -2.65. The van der Waals surface area contributed by atoms with Gasteiger partial charge in [0.05, 0.1) is 6.61 Å². The zero-order valence-corrected chi connectivity index (χ0v) is 22.4. The maximum Gasteiger partial charge on any atom is 0.351 e. The number of aromatic nitrogens is 2. The van der Waals surface area contributed by atoms with Crippen molar-refractivity contribution in [1.82, 2.24) is 9.55 Å². The van der Waals surface area contributed by atoms with Crippen molar-refractivity contribution in [1.29, 1.82) is 0 Å². The minimum Gasteiger partial charge on any atom is -0.414 e. The molecule has 3 heterocycles. The molecule has 3 N–H and O–H groups in total. The summed E-state index contributed by atoms with van der Waals surface area (Å²) in [5, 5.41) is 11.2. The third kappa shape index (κ3) is 4.24. The maximum absolute atomic E-state index is 12.4. The lowest BCUT2D eigenvalue weighted by atomic mass is 10.1. The normalized spacial score (nSPS) is 30.0. The molecule has 1 aromatic heterocycles. The van der Waals surface area contributed by atoms with Crippen LogP contribution in [0.2, 0.25) is 22.2 Å². The van der Waals surface area contributed by atoms with E-state index in [4.69, 9.17) is 23.4 Å². The molecule has 2 unspecified atom stereocenters. The Hall–Kier alpha value is -1.09. The van der Waals surface area contributed by atoms with Crippen LogP contribution in [0.15, 0.2) is 17.1 Å². The van der Waals surface area contributed by atoms with Crippen molar-refractivity contribution >= 4 is 22.9 Å². The Morgan fingerprint density at radius 3 is 2.12 bits per heavy atom. The van der Waals surface area contributed by atoms with Gasteiger partial charge in [-0.15, -0.1) is 0 Å². The monoisotopic (exact) mass is 485 g/mol. The van der Waals surface area contributed by atoms with Crippen molar-refractivity contribution in [2.24, 2.45) is 0 Å². The Kier molecular flexibility index (Phi) is 7.40. The Bertz CT molecular complexity index is 846. The highest BCUT2D eigenvalue weighted by molar-refractivity contribution is 6.83. The topological polar surface area (TPSA) is 118 Å². The van der Waals surface area contributed by atoms with E-state index >= 15 is 0 Å². The van der Waals surface area contributed by atoms with Crippen LogP contribution in [0.3, 0.4) is 0 Å². The molecule has 0 saturated carbocycles. The Labute approximate surface area is 192 Å². The number of aliphatic hydroxyl groups excluding tert-OH is 1. The predicted molar refractivity (Wildman–Crippen MR) is 127 cm³/mol. The molecule has 2 saturated heterocycles. The lowest BCUT2D eigenvalue weighted by molar-refractivity contribution is -0.0600. The SMILES string of the molecule is CC(C)[Si]1(C(C)C)OC[C@H]2O[C@@H](n3ccc(N)nc3=O)C(O)C2O[Si](C(C)C)(C(C)C)O1. The summed E-state index contributed by atoms with van der Waals surface area (Å²) in [5.74, 6) is 0.119.